The minimum Gasteiger partial charge on any atom is -0.493 e. The molecule has 0 fully saturated rings. The van der Waals surface area contributed by atoms with Crippen LogP contribution in [-0.2, 0) is 42.8 Å². The number of ether oxygens (including phenoxy) is 3. The van der Waals surface area contributed by atoms with Crippen molar-refractivity contribution in [2.24, 2.45) is 0 Å². The molecule has 0 bridgehead atoms. The molecule has 14 heteroatoms. The second-order valence-corrected chi connectivity index (χ2v) is 12.6. The highest BCUT2D eigenvalue weighted by molar-refractivity contribution is 6.17. The molecule has 0 aromatic heterocycles. The molecule has 0 saturated carbocycles. The molecule has 2 unspecified atom stereocenters. The average Bonchev–Trinajstić information content (AvgIpc) is 3.57. The summed E-state index contributed by atoms with van der Waals surface area (Å²) in [4.78, 5) is 57.5. The highest BCUT2D eigenvalue weighted by Crippen LogP contribution is 2.40. The minimum absolute atomic E-state index is 0.0226. The Labute approximate surface area is 343 Å². The number of nitrogens with one attached hydrogen (secondary N) is 4. The lowest BCUT2D eigenvalue weighted by Crippen LogP contribution is -2.39. The van der Waals surface area contributed by atoms with E-state index in [0.29, 0.717) is 60.0 Å². The van der Waals surface area contributed by atoms with Gasteiger partial charge in [-0.05, 0) is 67.8 Å². The van der Waals surface area contributed by atoms with Gasteiger partial charge >= 0.3 is 0 Å². The summed E-state index contributed by atoms with van der Waals surface area (Å²) in [5.41, 5.74) is 5.75. The molecule has 5 rings (SSSR count). The SMILES string of the molecule is CC.CC.CCCCCC(=O)NCC=O.CNC(C)C(=O)Nc1cc(CCl)cc(COc2cc3c(cc2OC)C(=O)N2c4ccccc4CC2CN3)c1.COC=O. The molecule has 0 saturated heterocycles. The quantitative estimate of drug-likeness (QED) is 0.0697. The molecular weight excluding hydrogens is 750 g/mol. The van der Waals surface area contributed by atoms with Crippen LogP contribution in [0.15, 0.2) is 54.6 Å². The Morgan fingerprint density at radius 2 is 1.68 bits per heavy atom. The maximum atomic E-state index is 13.6. The summed E-state index contributed by atoms with van der Waals surface area (Å²) >= 11 is 6.11. The summed E-state index contributed by atoms with van der Waals surface area (Å²) in [6.45, 7) is 13.2. The van der Waals surface area contributed by atoms with Crippen LogP contribution in [0.25, 0.3) is 0 Å². The lowest BCUT2D eigenvalue weighted by Gasteiger charge is -2.22. The van der Waals surface area contributed by atoms with E-state index in [-0.39, 0.29) is 43.0 Å². The molecule has 4 N–H and O–H groups in total. The van der Waals surface area contributed by atoms with Gasteiger partial charge in [-0.1, -0.05) is 71.7 Å². The van der Waals surface area contributed by atoms with Crippen molar-refractivity contribution in [3.63, 3.8) is 0 Å². The molecule has 0 spiro atoms. The van der Waals surface area contributed by atoms with Crippen LogP contribution in [0.2, 0.25) is 0 Å². The van der Waals surface area contributed by atoms with Gasteiger partial charge < -0.3 is 45.2 Å². The molecular formula is C43H62ClN5O8. The summed E-state index contributed by atoms with van der Waals surface area (Å²) in [7, 11) is 4.60. The number of fused-ring (bicyclic) bond motifs is 4. The zero-order valence-electron chi connectivity index (χ0n) is 35.0. The number of rotatable bonds is 15. The summed E-state index contributed by atoms with van der Waals surface area (Å²) in [6, 6.07) is 17.0. The van der Waals surface area contributed by atoms with Crippen LogP contribution < -0.4 is 35.6 Å². The smallest absolute Gasteiger partial charge is 0.292 e. The Bertz CT molecular complexity index is 1710. The molecule has 2 aliphatic rings. The zero-order chi connectivity index (χ0) is 42.8. The first-order valence-corrected chi connectivity index (χ1v) is 20.0. The average molecular weight is 812 g/mol. The van der Waals surface area contributed by atoms with Crippen molar-refractivity contribution in [1.82, 2.24) is 10.6 Å². The second kappa shape index (κ2) is 28.3. The molecule has 3 aromatic rings. The molecule has 2 atom stereocenters. The van der Waals surface area contributed by atoms with E-state index in [1.165, 1.54) is 12.7 Å². The predicted octanol–water partition coefficient (Wildman–Crippen LogP) is 7.28. The number of unbranched alkanes of at least 4 members (excludes halogenated alkanes) is 2. The number of benzene rings is 3. The lowest BCUT2D eigenvalue weighted by molar-refractivity contribution is -0.126. The fraction of sp³-hybridized carbons (Fsp3) is 0.465. The van der Waals surface area contributed by atoms with Crippen LogP contribution in [0.5, 0.6) is 11.5 Å². The number of hydrogen-bond donors (Lipinski definition) is 4. The maximum Gasteiger partial charge on any atom is 0.292 e. The van der Waals surface area contributed by atoms with E-state index in [4.69, 9.17) is 25.9 Å². The van der Waals surface area contributed by atoms with Gasteiger partial charge in [0.1, 0.15) is 12.9 Å². The number of carbonyl (C=O) groups excluding carboxylic acids is 5. The molecule has 2 aliphatic heterocycles. The number of amides is 3. The normalized spacial score (nSPS) is 13.3. The van der Waals surface area contributed by atoms with E-state index >= 15 is 0 Å². The van der Waals surface area contributed by atoms with Crippen molar-refractivity contribution in [2.45, 2.75) is 98.2 Å². The van der Waals surface area contributed by atoms with Gasteiger partial charge in [0.15, 0.2) is 11.5 Å². The number of nitrogens with zero attached hydrogens (tertiary/aromatic N) is 1. The number of aldehydes is 1. The van der Waals surface area contributed by atoms with Crippen LogP contribution in [0, 0.1) is 0 Å². The maximum absolute atomic E-state index is 13.6. The van der Waals surface area contributed by atoms with Gasteiger partial charge in [0, 0.05) is 36.3 Å². The van der Waals surface area contributed by atoms with Crippen LogP contribution >= 0.6 is 11.6 Å². The fourth-order valence-corrected chi connectivity index (χ4v) is 5.88. The van der Waals surface area contributed by atoms with Crippen molar-refractivity contribution in [3.05, 3.63) is 76.9 Å². The summed E-state index contributed by atoms with van der Waals surface area (Å²) in [5, 5.41) is 11.8. The molecule has 57 heavy (non-hydrogen) atoms. The van der Waals surface area contributed by atoms with E-state index in [1.807, 2.05) is 75.1 Å². The van der Waals surface area contributed by atoms with Crippen LogP contribution in [-0.4, -0.2) is 76.9 Å². The monoisotopic (exact) mass is 811 g/mol. The van der Waals surface area contributed by atoms with Gasteiger partial charge in [-0.2, -0.15) is 0 Å². The van der Waals surface area contributed by atoms with Gasteiger partial charge in [-0.3, -0.25) is 19.2 Å². The second-order valence-electron chi connectivity index (χ2n) is 12.3. The number of halogens is 1. The number of alkyl halides is 1. The topological polar surface area (TPSA) is 164 Å². The third-order valence-electron chi connectivity index (χ3n) is 8.53. The molecule has 0 aliphatic carbocycles. The van der Waals surface area contributed by atoms with Crippen molar-refractivity contribution >= 4 is 59.1 Å². The van der Waals surface area contributed by atoms with E-state index in [0.717, 1.165) is 42.5 Å². The molecule has 13 nitrogen and oxygen atoms in total. The number of likely N-dealkylation sites (N-methyl/N-ethyl adjacent to an activating group) is 1. The van der Waals surface area contributed by atoms with Crippen LogP contribution in [0.4, 0.5) is 17.1 Å². The first-order chi connectivity index (χ1) is 27.6. The Morgan fingerprint density at radius 1 is 1.00 bits per heavy atom. The van der Waals surface area contributed by atoms with Gasteiger partial charge in [0.2, 0.25) is 11.8 Å². The van der Waals surface area contributed by atoms with E-state index in [9.17, 15) is 19.2 Å². The number of para-hydroxylation sites is 1. The van der Waals surface area contributed by atoms with Gasteiger partial charge in [-0.15, -0.1) is 11.6 Å². The molecule has 0 radical (unpaired) electrons. The van der Waals surface area contributed by atoms with Gasteiger partial charge in [-0.25, -0.2) is 0 Å². The molecule has 2 heterocycles. The molecule has 314 valence electrons. The van der Waals surface area contributed by atoms with Crippen molar-refractivity contribution < 1.29 is 38.2 Å². The first-order valence-electron chi connectivity index (χ1n) is 19.5. The number of methoxy groups -OCH3 is 2. The first kappa shape index (κ1) is 49.9. The number of hydrogen-bond acceptors (Lipinski definition) is 10. The summed E-state index contributed by atoms with van der Waals surface area (Å²) < 4.78 is 15.7. The highest BCUT2D eigenvalue weighted by atomic mass is 35.5. The number of anilines is 3. The third-order valence-corrected chi connectivity index (χ3v) is 8.84. The Hall–Kier alpha value is -5.14. The minimum atomic E-state index is -0.335. The highest BCUT2D eigenvalue weighted by Gasteiger charge is 2.37. The number of carbonyl (C=O) groups is 5. The Kier molecular flexibility index (Phi) is 24.8. The lowest BCUT2D eigenvalue weighted by atomic mass is 10.1. The molecule has 3 aromatic carbocycles. The van der Waals surface area contributed by atoms with E-state index in [1.54, 1.807) is 27.1 Å². The van der Waals surface area contributed by atoms with Crippen LogP contribution in [0.3, 0.4) is 0 Å². The Balaban J connectivity index is 0.000000718. The predicted molar refractivity (Wildman–Crippen MR) is 229 cm³/mol. The standard InChI is InChI=1S/C29H31ClN4O4.C8H15NO2.C2H4O2.2C2H6/c1-17(31-2)28(35)33-21-9-18(14-30)8-19(10-21)16-38-27-13-24-23(12-26(27)37-3)29(36)34-22(15-32-24)11-20-6-4-5-7-25(20)34;1-2-3-4-5-8(11)9-6-7-10;1-4-2-3;2*1-2/h4-10,12-13,17,22,31-32H,11,14-16H2,1-3H3,(H,33,35);7H,2-6H2,1H3,(H,9,11);2H,1H3;2*1-2H3. The fourth-order valence-electron chi connectivity index (χ4n) is 5.73. The van der Waals surface area contributed by atoms with Gasteiger partial charge in [0.05, 0.1) is 44.1 Å². The van der Waals surface area contributed by atoms with E-state index < -0.39 is 0 Å². The largest absolute Gasteiger partial charge is 0.493 e. The third kappa shape index (κ3) is 15.7. The molecule has 3 amide bonds. The van der Waals surface area contributed by atoms with Crippen LogP contribution in [0.1, 0.15) is 94.3 Å². The van der Waals surface area contributed by atoms with Crippen molar-refractivity contribution in [3.8, 4) is 11.5 Å². The Morgan fingerprint density at radius 3 is 2.30 bits per heavy atom. The summed E-state index contributed by atoms with van der Waals surface area (Å²) in [5.74, 6) is 1.06. The summed E-state index contributed by atoms with van der Waals surface area (Å²) in [6.07, 6.45) is 5.16. The van der Waals surface area contributed by atoms with Crippen molar-refractivity contribution in [2.75, 3.05) is 49.9 Å². The van der Waals surface area contributed by atoms with E-state index in [2.05, 4.69) is 39.0 Å². The van der Waals surface area contributed by atoms with Gasteiger partial charge in [0.25, 0.3) is 12.4 Å². The van der Waals surface area contributed by atoms with Crippen molar-refractivity contribution in [1.29, 1.82) is 0 Å². The zero-order valence-corrected chi connectivity index (χ0v) is 35.7.